The Labute approximate surface area is 147 Å². The summed E-state index contributed by atoms with van der Waals surface area (Å²) in [4.78, 5) is 15.5. The number of benzene rings is 2. The van der Waals surface area contributed by atoms with Gasteiger partial charge < -0.3 is 15.0 Å². The first-order valence-electron chi connectivity index (χ1n) is 8.10. The molecule has 0 aliphatic carbocycles. The number of anilines is 1. The summed E-state index contributed by atoms with van der Waals surface area (Å²) in [5.74, 6) is 0.0810. The van der Waals surface area contributed by atoms with E-state index in [4.69, 9.17) is 4.74 Å². The minimum atomic E-state index is 0.0810. The molecule has 1 N–H and O–H groups in total. The highest BCUT2D eigenvalue weighted by Crippen LogP contribution is 2.17. The zero-order valence-electron chi connectivity index (χ0n) is 13.8. The van der Waals surface area contributed by atoms with Crippen LogP contribution in [0.5, 0.6) is 0 Å². The Balaban J connectivity index is 1.56. The summed E-state index contributed by atoms with van der Waals surface area (Å²) in [5.41, 5.74) is 2.98. The summed E-state index contributed by atoms with van der Waals surface area (Å²) in [6.07, 6.45) is 2.08. The van der Waals surface area contributed by atoms with E-state index < -0.39 is 0 Å². The van der Waals surface area contributed by atoms with Crippen molar-refractivity contribution in [1.82, 2.24) is 4.90 Å². The van der Waals surface area contributed by atoms with Gasteiger partial charge in [-0.05, 0) is 48.2 Å². The summed E-state index contributed by atoms with van der Waals surface area (Å²) in [6.45, 7) is 3.36. The van der Waals surface area contributed by atoms with Crippen molar-refractivity contribution in [3.05, 3.63) is 59.7 Å². The number of thioether (sulfide) groups is 1. The maximum atomic E-state index is 12.4. The molecule has 0 bridgehead atoms. The second-order valence-corrected chi connectivity index (χ2v) is 6.56. The average Bonchev–Trinajstić information content (AvgIpc) is 2.67. The number of morpholine rings is 1. The molecule has 0 unspecified atom stereocenters. The van der Waals surface area contributed by atoms with Crippen molar-refractivity contribution in [2.75, 3.05) is 37.9 Å². The number of carbonyl (C=O) groups is 1. The van der Waals surface area contributed by atoms with Gasteiger partial charge in [0.25, 0.3) is 5.91 Å². The van der Waals surface area contributed by atoms with Crippen LogP contribution in [0.25, 0.3) is 0 Å². The number of nitrogens with zero attached hydrogens (tertiary/aromatic N) is 1. The number of hydrogen-bond acceptors (Lipinski definition) is 4. The average molecular weight is 342 g/mol. The molecular formula is C19H22N2O2S. The van der Waals surface area contributed by atoms with Crippen molar-refractivity contribution in [1.29, 1.82) is 0 Å². The number of amides is 1. The highest BCUT2D eigenvalue weighted by molar-refractivity contribution is 7.98. The van der Waals surface area contributed by atoms with Crippen LogP contribution in [-0.4, -0.2) is 43.4 Å². The molecule has 2 aromatic rings. The summed E-state index contributed by atoms with van der Waals surface area (Å²) >= 11 is 1.74. The fourth-order valence-corrected chi connectivity index (χ4v) is 3.04. The first-order chi connectivity index (χ1) is 11.8. The first kappa shape index (κ1) is 16.9. The molecule has 1 fully saturated rings. The van der Waals surface area contributed by atoms with Crippen LogP contribution in [0.1, 0.15) is 15.9 Å². The molecule has 24 heavy (non-hydrogen) atoms. The standard InChI is InChI=1S/C19H22N2O2S/c1-24-18-8-2-15(3-9-18)14-20-17-6-4-16(5-7-17)19(22)21-10-12-23-13-11-21/h2-9,20H,10-14H2,1H3. The maximum absolute atomic E-state index is 12.4. The van der Waals surface area contributed by atoms with Gasteiger partial charge in [-0.1, -0.05) is 12.1 Å². The molecule has 0 radical (unpaired) electrons. The molecule has 0 saturated carbocycles. The lowest BCUT2D eigenvalue weighted by Crippen LogP contribution is -2.40. The van der Waals surface area contributed by atoms with Crippen LogP contribution in [-0.2, 0) is 11.3 Å². The summed E-state index contributed by atoms with van der Waals surface area (Å²) < 4.78 is 5.29. The van der Waals surface area contributed by atoms with Gasteiger partial charge >= 0.3 is 0 Å². The second-order valence-electron chi connectivity index (χ2n) is 5.68. The summed E-state index contributed by atoms with van der Waals surface area (Å²) in [6, 6.07) is 16.2. The lowest BCUT2D eigenvalue weighted by atomic mass is 10.1. The molecule has 1 saturated heterocycles. The molecule has 1 heterocycles. The lowest BCUT2D eigenvalue weighted by molar-refractivity contribution is 0.0303. The van der Waals surface area contributed by atoms with Crippen molar-refractivity contribution < 1.29 is 9.53 Å². The van der Waals surface area contributed by atoms with E-state index in [0.717, 1.165) is 17.8 Å². The Morgan fingerprint density at radius 2 is 1.75 bits per heavy atom. The van der Waals surface area contributed by atoms with E-state index >= 15 is 0 Å². The number of carbonyl (C=O) groups excluding carboxylic acids is 1. The van der Waals surface area contributed by atoms with Gasteiger partial charge in [-0.2, -0.15) is 0 Å². The highest BCUT2D eigenvalue weighted by Gasteiger charge is 2.18. The van der Waals surface area contributed by atoms with Crippen molar-refractivity contribution in [3.63, 3.8) is 0 Å². The third-order valence-corrected chi connectivity index (χ3v) is 4.83. The van der Waals surface area contributed by atoms with Crippen LogP contribution >= 0.6 is 11.8 Å². The minimum Gasteiger partial charge on any atom is -0.381 e. The van der Waals surface area contributed by atoms with E-state index in [1.165, 1.54) is 10.5 Å². The molecule has 0 atom stereocenters. The monoisotopic (exact) mass is 342 g/mol. The zero-order chi connectivity index (χ0) is 16.8. The smallest absolute Gasteiger partial charge is 0.254 e. The van der Waals surface area contributed by atoms with Gasteiger partial charge in [0.15, 0.2) is 0 Å². The quantitative estimate of drug-likeness (QED) is 0.845. The Morgan fingerprint density at radius 3 is 2.38 bits per heavy atom. The van der Waals surface area contributed by atoms with Gasteiger partial charge in [-0.25, -0.2) is 0 Å². The second kappa shape index (κ2) is 8.22. The van der Waals surface area contributed by atoms with Gasteiger partial charge in [0, 0.05) is 35.8 Å². The van der Waals surface area contributed by atoms with Crippen LogP contribution in [0.4, 0.5) is 5.69 Å². The topological polar surface area (TPSA) is 41.6 Å². The minimum absolute atomic E-state index is 0.0810. The van der Waals surface area contributed by atoms with Gasteiger partial charge in [-0.3, -0.25) is 4.79 Å². The van der Waals surface area contributed by atoms with Crippen LogP contribution in [0.15, 0.2) is 53.4 Å². The summed E-state index contributed by atoms with van der Waals surface area (Å²) in [5, 5.41) is 3.39. The Kier molecular flexibility index (Phi) is 5.77. The Hall–Kier alpha value is -1.98. The molecule has 1 aliphatic heterocycles. The van der Waals surface area contributed by atoms with Gasteiger partial charge in [-0.15, -0.1) is 11.8 Å². The van der Waals surface area contributed by atoms with E-state index in [1.807, 2.05) is 29.2 Å². The third kappa shape index (κ3) is 4.30. The molecule has 126 valence electrons. The maximum Gasteiger partial charge on any atom is 0.254 e. The van der Waals surface area contributed by atoms with E-state index in [1.54, 1.807) is 11.8 Å². The number of nitrogens with one attached hydrogen (secondary N) is 1. The van der Waals surface area contributed by atoms with E-state index in [0.29, 0.717) is 26.3 Å². The normalized spacial score (nSPS) is 14.5. The molecule has 2 aromatic carbocycles. The van der Waals surface area contributed by atoms with Crippen molar-refractivity contribution in [2.45, 2.75) is 11.4 Å². The molecule has 4 nitrogen and oxygen atoms in total. The molecule has 1 aliphatic rings. The van der Waals surface area contributed by atoms with Gasteiger partial charge in [0.1, 0.15) is 0 Å². The summed E-state index contributed by atoms with van der Waals surface area (Å²) in [7, 11) is 0. The number of hydrogen-bond donors (Lipinski definition) is 1. The molecule has 1 amide bonds. The van der Waals surface area contributed by atoms with Crippen molar-refractivity contribution in [2.24, 2.45) is 0 Å². The fourth-order valence-electron chi connectivity index (χ4n) is 2.63. The Bertz CT molecular complexity index is 665. The van der Waals surface area contributed by atoms with Crippen molar-refractivity contribution >= 4 is 23.4 Å². The van der Waals surface area contributed by atoms with Crippen LogP contribution < -0.4 is 5.32 Å². The third-order valence-electron chi connectivity index (χ3n) is 4.09. The molecule has 0 aromatic heterocycles. The largest absolute Gasteiger partial charge is 0.381 e. The van der Waals surface area contributed by atoms with E-state index in [2.05, 4.69) is 35.8 Å². The number of ether oxygens (including phenoxy) is 1. The van der Waals surface area contributed by atoms with E-state index in [9.17, 15) is 4.79 Å². The SMILES string of the molecule is CSc1ccc(CNc2ccc(C(=O)N3CCOCC3)cc2)cc1. The number of rotatable bonds is 5. The molecule has 5 heteroatoms. The molecular weight excluding hydrogens is 320 g/mol. The predicted molar refractivity (Wildman–Crippen MR) is 98.7 cm³/mol. The molecule has 3 rings (SSSR count). The van der Waals surface area contributed by atoms with Crippen LogP contribution in [0.2, 0.25) is 0 Å². The highest BCUT2D eigenvalue weighted by atomic mass is 32.2. The van der Waals surface area contributed by atoms with E-state index in [-0.39, 0.29) is 5.91 Å². The lowest BCUT2D eigenvalue weighted by Gasteiger charge is -2.26. The van der Waals surface area contributed by atoms with Crippen LogP contribution in [0, 0.1) is 0 Å². The van der Waals surface area contributed by atoms with Gasteiger partial charge in [0.2, 0.25) is 0 Å². The first-order valence-corrected chi connectivity index (χ1v) is 9.32. The van der Waals surface area contributed by atoms with Crippen LogP contribution in [0.3, 0.4) is 0 Å². The zero-order valence-corrected chi connectivity index (χ0v) is 14.6. The Morgan fingerprint density at radius 1 is 1.08 bits per heavy atom. The molecule has 0 spiro atoms. The van der Waals surface area contributed by atoms with Crippen molar-refractivity contribution in [3.8, 4) is 0 Å². The van der Waals surface area contributed by atoms with Gasteiger partial charge in [0.05, 0.1) is 13.2 Å². The fraction of sp³-hybridized carbons (Fsp3) is 0.316. The predicted octanol–water partition coefficient (Wildman–Crippen LogP) is 3.49.